The summed E-state index contributed by atoms with van der Waals surface area (Å²) in [6.45, 7) is 4.51. The normalized spacial score (nSPS) is 21.5. The van der Waals surface area contributed by atoms with Crippen LogP contribution >= 0.6 is 11.6 Å². The summed E-state index contributed by atoms with van der Waals surface area (Å²) in [6.07, 6.45) is -0.970. The molecular weight excluding hydrogens is 752 g/mol. The lowest BCUT2D eigenvalue weighted by atomic mass is 10.3. The van der Waals surface area contributed by atoms with Crippen LogP contribution in [0, 0.1) is 0 Å². The fourth-order valence-corrected chi connectivity index (χ4v) is 4.12. The molecule has 0 radical (unpaired) electrons. The molecule has 0 amide bonds. The van der Waals surface area contributed by atoms with Crippen molar-refractivity contribution in [1.82, 2.24) is 0 Å². The molecule has 5 aliphatic heterocycles. The predicted octanol–water partition coefficient (Wildman–Crippen LogP) is 4.53. The molecule has 2 N–H and O–H groups in total. The minimum atomic E-state index is -0.681. The molecule has 5 unspecified atom stereocenters. The molecule has 17 nitrogen and oxygen atoms in total. The topological polar surface area (TPSA) is 220 Å². The number of carbonyl (C=O) groups is 2. The van der Waals surface area contributed by atoms with Crippen molar-refractivity contribution in [3.8, 4) is 34.5 Å². The number of aromatic hydroxyl groups is 2. The Morgan fingerprint density at radius 1 is 0.564 bits per heavy atom. The Hall–Kier alpha value is -5.45. The van der Waals surface area contributed by atoms with Crippen molar-refractivity contribution < 1.29 is 81.5 Å². The van der Waals surface area contributed by atoms with Crippen LogP contribution in [0.5, 0.6) is 34.5 Å². The van der Waals surface area contributed by atoms with E-state index in [-0.39, 0.29) is 63.7 Å². The average Bonchev–Trinajstić information content (AvgIpc) is 4.08. The molecule has 55 heavy (non-hydrogen) atoms. The summed E-state index contributed by atoms with van der Waals surface area (Å²) in [5.74, 6) is 3.63. The second-order valence-corrected chi connectivity index (χ2v) is 11.7. The van der Waals surface area contributed by atoms with Crippen LogP contribution in [0.2, 0.25) is 0 Å². The molecule has 0 aliphatic carbocycles. The standard InChI is InChI=1S/C14H14O8.C12H14O4.C6H6O2.C3H5ClO.CO2.CH4/c15-13-19-7-11(21-13)5-17-9-2-1-3-10(4-9)18-6-12-8-20-14(16)22-12;1-2-9(13-5-11-7-15-11)4-10(3-1)14-6-12-8-16-12;7-5-2-1-3-6(8)4-5;4-1-3-2-5-3;2-1-3;/h1-4,11-12H,5-8H2;1-4,11-12H,5-8H2;1-4,7-8H;3H,1-2H2;;1H4. The molecule has 5 heterocycles. The number of halogens is 1. The summed E-state index contributed by atoms with van der Waals surface area (Å²) < 4.78 is 56.1. The number of phenolic OH excluding ortho intramolecular Hbond substituents is 2. The van der Waals surface area contributed by atoms with E-state index in [0.717, 1.165) is 31.3 Å². The number of phenols is 2. The van der Waals surface area contributed by atoms with Crippen LogP contribution in [-0.4, -0.2) is 125 Å². The largest absolute Gasteiger partial charge is 0.508 e. The first-order valence-corrected chi connectivity index (χ1v) is 17.0. The van der Waals surface area contributed by atoms with E-state index in [1.165, 1.54) is 18.2 Å². The van der Waals surface area contributed by atoms with Gasteiger partial charge < -0.3 is 62.3 Å². The van der Waals surface area contributed by atoms with Gasteiger partial charge in [0, 0.05) is 18.2 Å². The summed E-state index contributed by atoms with van der Waals surface area (Å²) in [5.41, 5.74) is 0. The van der Waals surface area contributed by atoms with Crippen molar-refractivity contribution in [2.75, 3.05) is 65.3 Å². The molecule has 300 valence electrons. The quantitative estimate of drug-likeness (QED) is 0.138. The van der Waals surface area contributed by atoms with Gasteiger partial charge in [-0.1, -0.05) is 25.6 Å². The first kappa shape index (κ1) is 44.0. The van der Waals surface area contributed by atoms with Crippen LogP contribution in [-0.2, 0) is 42.7 Å². The number of cyclic esters (lactones) is 4. The van der Waals surface area contributed by atoms with Gasteiger partial charge in [-0.2, -0.15) is 9.59 Å². The minimum Gasteiger partial charge on any atom is -0.508 e. The van der Waals surface area contributed by atoms with Gasteiger partial charge in [-0.05, 0) is 36.4 Å². The smallest absolute Gasteiger partial charge is 0.508 e. The second kappa shape index (κ2) is 24.1. The Bertz CT molecular complexity index is 1530. The lowest BCUT2D eigenvalue weighted by Crippen LogP contribution is -2.20. The number of hydrogen-bond donors (Lipinski definition) is 2. The lowest BCUT2D eigenvalue weighted by Gasteiger charge is -2.12. The van der Waals surface area contributed by atoms with Gasteiger partial charge in [0.15, 0.2) is 12.2 Å². The van der Waals surface area contributed by atoms with Crippen molar-refractivity contribution in [1.29, 1.82) is 0 Å². The van der Waals surface area contributed by atoms with Crippen LogP contribution in [0.25, 0.3) is 0 Å². The highest BCUT2D eigenvalue weighted by atomic mass is 35.5. The molecule has 0 saturated carbocycles. The third kappa shape index (κ3) is 19.4. The second-order valence-electron chi connectivity index (χ2n) is 11.4. The van der Waals surface area contributed by atoms with Gasteiger partial charge in [-0.25, -0.2) is 9.59 Å². The summed E-state index contributed by atoms with van der Waals surface area (Å²) in [7, 11) is 0. The molecule has 3 aromatic rings. The number of alkyl halides is 1. The van der Waals surface area contributed by atoms with Crippen molar-refractivity contribution >= 4 is 30.1 Å². The Labute approximate surface area is 321 Å². The fourth-order valence-electron chi connectivity index (χ4n) is 3.94. The number of carbonyl (C=O) groups excluding carboxylic acids is 4. The van der Waals surface area contributed by atoms with Crippen LogP contribution in [0.1, 0.15) is 7.43 Å². The summed E-state index contributed by atoms with van der Waals surface area (Å²) in [4.78, 5) is 37.8. The number of epoxide rings is 3. The highest BCUT2D eigenvalue weighted by Crippen LogP contribution is 2.23. The van der Waals surface area contributed by atoms with Gasteiger partial charge >= 0.3 is 18.5 Å². The van der Waals surface area contributed by atoms with Gasteiger partial charge in [0.1, 0.15) is 86.3 Å². The van der Waals surface area contributed by atoms with E-state index in [1.54, 1.807) is 30.3 Å². The highest BCUT2D eigenvalue weighted by Gasteiger charge is 2.27. The Morgan fingerprint density at radius 2 is 0.891 bits per heavy atom. The maximum absolute atomic E-state index is 10.8. The SMILES string of the molecule is C.ClCC1CO1.O=C1OCC(COc2cccc(OCC3COC(=O)O3)c2)O1.O=C=O.Oc1cccc(O)c1.c1cc(OCC2CO2)cc(OCC2CO2)c1. The molecule has 8 rings (SSSR count). The fraction of sp³-hybridized carbons (Fsp3) is 0.432. The lowest BCUT2D eigenvalue weighted by molar-refractivity contribution is -0.191. The van der Waals surface area contributed by atoms with Crippen LogP contribution in [0.3, 0.4) is 0 Å². The predicted molar refractivity (Wildman–Crippen MR) is 189 cm³/mol. The number of hydrogen-bond acceptors (Lipinski definition) is 17. The van der Waals surface area contributed by atoms with Crippen molar-refractivity contribution in [2.45, 2.75) is 37.9 Å². The highest BCUT2D eigenvalue weighted by molar-refractivity contribution is 6.18. The van der Waals surface area contributed by atoms with Gasteiger partial charge in [0.05, 0.1) is 31.8 Å². The number of ether oxygens (including phenoxy) is 11. The molecule has 0 spiro atoms. The van der Waals surface area contributed by atoms with Crippen LogP contribution in [0.15, 0.2) is 72.8 Å². The van der Waals surface area contributed by atoms with E-state index in [2.05, 4.69) is 9.47 Å². The average molecular weight is 795 g/mol. The number of rotatable bonds is 13. The molecular formula is C37H43ClO17. The van der Waals surface area contributed by atoms with E-state index in [1.807, 2.05) is 24.3 Å². The van der Waals surface area contributed by atoms with Gasteiger partial charge in [-0.3, -0.25) is 0 Å². The third-order valence-corrected chi connectivity index (χ3v) is 7.21. The van der Waals surface area contributed by atoms with E-state index >= 15 is 0 Å². The van der Waals surface area contributed by atoms with Crippen molar-refractivity contribution in [2.24, 2.45) is 0 Å². The maximum atomic E-state index is 10.8. The van der Waals surface area contributed by atoms with Gasteiger partial charge in [0.25, 0.3) is 0 Å². The van der Waals surface area contributed by atoms with Gasteiger partial charge in [0.2, 0.25) is 0 Å². The maximum Gasteiger partial charge on any atom is 0.508 e. The molecule has 5 fully saturated rings. The summed E-state index contributed by atoms with van der Waals surface area (Å²) in [5, 5.41) is 17.3. The Morgan fingerprint density at radius 3 is 1.13 bits per heavy atom. The minimum absolute atomic E-state index is 0. The van der Waals surface area contributed by atoms with Crippen molar-refractivity contribution in [3.05, 3.63) is 72.8 Å². The molecule has 5 atom stereocenters. The van der Waals surface area contributed by atoms with E-state index in [0.29, 0.717) is 36.7 Å². The molecule has 0 aromatic heterocycles. The zero-order chi connectivity index (χ0) is 38.5. The molecule has 5 saturated heterocycles. The first-order valence-electron chi connectivity index (χ1n) is 16.5. The monoisotopic (exact) mass is 794 g/mol. The third-order valence-electron chi connectivity index (χ3n) is 6.86. The van der Waals surface area contributed by atoms with E-state index in [9.17, 15) is 9.59 Å². The van der Waals surface area contributed by atoms with Crippen molar-refractivity contribution in [3.63, 3.8) is 0 Å². The van der Waals surface area contributed by atoms with Crippen LogP contribution < -0.4 is 18.9 Å². The molecule has 5 aliphatic rings. The number of benzene rings is 3. The molecule has 0 bridgehead atoms. The Kier molecular flexibility index (Phi) is 19.2. The van der Waals surface area contributed by atoms with Gasteiger partial charge in [-0.15, -0.1) is 11.6 Å². The van der Waals surface area contributed by atoms with Crippen LogP contribution in [0.4, 0.5) is 9.59 Å². The molecule has 3 aromatic carbocycles. The zero-order valence-electron chi connectivity index (χ0n) is 28.8. The summed E-state index contributed by atoms with van der Waals surface area (Å²) >= 11 is 5.27. The molecule has 18 heteroatoms. The van der Waals surface area contributed by atoms with E-state index in [4.69, 9.17) is 74.0 Å². The van der Waals surface area contributed by atoms with E-state index < -0.39 is 24.5 Å². The summed E-state index contributed by atoms with van der Waals surface area (Å²) in [6, 6.07) is 20.5. The first-order chi connectivity index (χ1) is 26.2. The zero-order valence-corrected chi connectivity index (χ0v) is 29.5. The Balaban J connectivity index is 0.000000213.